The molecule has 1 aliphatic heterocycles. The fraction of sp³-hybridized carbons (Fsp3) is 0.429. The molecule has 2 aromatic rings. The van der Waals surface area contributed by atoms with Crippen molar-refractivity contribution in [2.45, 2.75) is 25.8 Å². The minimum atomic E-state index is 0.886. The zero-order valence-electron chi connectivity index (χ0n) is 9.79. The van der Waals surface area contributed by atoms with E-state index in [2.05, 4.69) is 22.4 Å². The van der Waals surface area contributed by atoms with Gasteiger partial charge < -0.3 is 0 Å². The van der Waals surface area contributed by atoms with Gasteiger partial charge in [-0.2, -0.15) is 0 Å². The number of fused-ring (bicyclic) bond motifs is 1. The Labute approximate surface area is 111 Å². The van der Waals surface area contributed by atoms with Crippen LogP contribution in [0.15, 0.2) is 23.6 Å². The highest BCUT2D eigenvalue weighted by atomic mass is 35.5. The number of halogens is 1. The molecule has 1 aromatic carbocycles. The molecule has 3 rings (SSSR count). The molecule has 1 saturated heterocycles. The van der Waals surface area contributed by atoms with Crippen LogP contribution < -0.4 is 0 Å². The smallest absolute Gasteiger partial charge is 0.0584 e. The highest BCUT2D eigenvalue weighted by molar-refractivity contribution is 7.18. The molecule has 1 aliphatic rings. The van der Waals surface area contributed by atoms with E-state index in [1.807, 2.05) is 6.07 Å². The van der Waals surface area contributed by atoms with E-state index >= 15 is 0 Å². The van der Waals surface area contributed by atoms with Crippen molar-refractivity contribution in [2.75, 3.05) is 13.1 Å². The Morgan fingerprint density at radius 3 is 2.82 bits per heavy atom. The van der Waals surface area contributed by atoms with Gasteiger partial charge in [-0.1, -0.05) is 30.2 Å². The topological polar surface area (TPSA) is 3.24 Å². The number of hydrogen-bond donors (Lipinski definition) is 0. The van der Waals surface area contributed by atoms with Crippen LogP contribution in [0.2, 0.25) is 5.02 Å². The summed E-state index contributed by atoms with van der Waals surface area (Å²) in [5, 5.41) is 4.50. The average Bonchev–Trinajstić information content (AvgIpc) is 2.76. The van der Waals surface area contributed by atoms with Crippen LogP contribution in [0, 0.1) is 0 Å². The lowest BCUT2D eigenvalue weighted by Crippen LogP contribution is -2.28. The lowest BCUT2D eigenvalue weighted by atomic mass is 10.1. The second-order valence-electron chi connectivity index (χ2n) is 4.71. The van der Waals surface area contributed by atoms with Crippen LogP contribution in [-0.4, -0.2) is 18.0 Å². The largest absolute Gasteiger partial charge is 0.299 e. The number of thiophene rings is 1. The summed E-state index contributed by atoms with van der Waals surface area (Å²) in [5.74, 6) is 0. The number of piperidine rings is 1. The van der Waals surface area contributed by atoms with E-state index < -0.39 is 0 Å². The lowest BCUT2D eigenvalue weighted by Gasteiger charge is -2.26. The first kappa shape index (κ1) is 11.5. The molecule has 1 fully saturated rings. The fourth-order valence-electron chi connectivity index (χ4n) is 2.56. The Hall–Kier alpha value is -0.570. The van der Waals surface area contributed by atoms with Gasteiger partial charge in [0.15, 0.2) is 0 Å². The van der Waals surface area contributed by atoms with Gasteiger partial charge in [0.05, 0.1) is 9.72 Å². The van der Waals surface area contributed by atoms with Gasteiger partial charge in [0.1, 0.15) is 0 Å². The van der Waals surface area contributed by atoms with Crippen molar-refractivity contribution in [3.05, 3.63) is 34.2 Å². The maximum Gasteiger partial charge on any atom is 0.0584 e. The Morgan fingerprint density at radius 1 is 1.18 bits per heavy atom. The third-order valence-corrected chi connectivity index (χ3v) is 4.98. The first-order valence-corrected chi connectivity index (χ1v) is 7.47. The molecule has 0 bridgehead atoms. The fourth-order valence-corrected chi connectivity index (χ4v) is 3.83. The predicted molar refractivity (Wildman–Crippen MR) is 76.0 cm³/mol. The molecule has 0 aliphatic carbocycles. The molecular formula is C14H16ClNS. The van der Waals surface area contributed by atoms with E-state index in [-0.39, 0.29) is 0 Å². The second kappa shape index (κ2) is 4.97. The van der Waals surface area contributed by atoms with Gasteiger partial charge in [0.25, 0.3) is 0 Å². The molecule has 0 saturated carbocycles. The van der Waals surface area contributed by atoms with Crippen molar-refractivity contribution in [2.24, 2.45) is 0 Å². The molecule has 0 spiro atoms. The molecule has 1 nitrogen and oxygen atoms in total. The number of benzene rings is 1. The molecule has 0 amide bonds. The summed E-state index contributed by atoms with van der Waals surface area (Å²) in [7, 11) is 0. The van der Waals surface area contributed by atoms with Crippen LogP contribution in [-0.2, 0) is 6.54 Å². The second-order valence-corrected chi connectivity index (χ2v) is 6.00. The summed E-state index contributed by atoms with van der Waals surface area (Å²) in [6, 6.07) is 6.22. The van der Waals surface area contributed by atoms with Gasteiger partial charge >= 0.3 is 0 Å². The first-order chi connectivity index (χ1) is 8.34. The van der Waals surface area contributed by atoms with Crippen molar-refractivity contribution in [3.8, 4) is 0 Å². The van der Waals surface area contributed by atoms with Gasteiger partial charge in [-0.3, -0.25) is 4.90 Å². The minimum Gasteiger partial charge on any atom is -0.299 e. The lowest BCUT2D eigenvalue weighted by molar-refractivity contribution is 0.222. The van der Waals surface area contributed by atoms with Gasteiger partial charge in [0, 0.05) is 6.54 Å². The van der Waals surface area contributed by atoms with Crippen LogP contribution in [0.1, 0.15) is 24.8 Å². The Kier molecular flexibility index (Phi) is 3.37. The zero-order valence-corrected chi connectivity index (χ0v) is 11.4. The van der Waals surface area contributed by atoms with E-state index in [0.29, 0.717) is 0 Å². The molecule has 0 unspecified atom stereocenters. The van der Waals surface area contributed by atoms with Gasteiger partial charge in [0.2, 0.25) is 0 Å². The predicted octanol–water partition coefficient (Wildman–Crippen LogP) is 4.54. The number of hydrogen-bond acceptors (Lipinski definition) is 2. The average molecular weight is 266 g/mol. The summed E-state index contributed by atoms with van der Waals surface area (Å²) < 4.78 is 1.24. The summed E-state index contributed by atoms with van der Waals surface area (Å²) in [5.41, 5.74) is 1.44. The maximum atomic E-state index is 6.21. The molecule has 17 heavy (non-hydrogen) atoms. The van der Waals surface area contributed by atoms with Crippen molar-refractivity contribution >= 4 is 33.0 Å². The zero-order chi connectivity index (χ0) is 11.7. The van der Waals surface area contributed by atoms with Crippen molar-refractivity contribution in [3.63, 3.8) is 0 Å². The number of likely N-dealkylation sites (tertiary alicyclic amines) is 1. The van der Waals surface area contributed by atoms with E-state index in [1.54, 1.807) is 11.3 Å². The molecular weight excluding hydrogens is 250 g/mol. The number of rotatable bonds is 2. The molecule has 1 aromatic heterocycles. The Bertz CT molecular complexity index is 514. The third kappa shape index (κ3) is 2.35. The van der Waals surface area contributed by atoms with Gasteiger partial charge in [-0.15, -0.1) is 11.3 Å². The van der Waals surface area contributed by atoms with Gasteiger partial charge in [-0.05, 0) is 48.3 Å². The normalized spacial score (nSPS) is 17.7. The maximum absolute atomic E-state index is 6.21. The third-order valence-electron chi connectivity index (χ3n) is 3.47. The van der Waals surface area contributed by atoms with Gasteiger partial charge in [-0.25, -0.2) is 0 Å². The van der Waals surface area contributed by atoms with E-state index in [9.17, 15) is 0 Å². The first-order valence-electron chi connectivity index (χ1n) is 6.21. The molecule has 2 heterocycles. The molecule has 0 radical (unpaired) electrons. The summed E-state index contributed by atoms with van der Waals surface area (Å²) in [6.45, 7) is 3.58. The van der Waals surface area contributed by atoms with Crippen molar-refractivity contribution in [1.82, 2.24) is 4.90 Å². The van der Waals surface area contributed by atoms with Crippen LogP contribution in [0.3, 0.4) is 0 Å². The SMILES string of the molecule is Clc1cccc2c(CN3CCCCC3)csc12. The quantitative estimate of drug-likeness (QED) is 0.771. The van der Waals surface area contributed by atoms with Crippen molar-refractivity contribution < 1.29 is 0 Å². The highest BCUT2D eigenvalue weighted by Crippen LogP contribution is 2.32. The molecule has 90 valence electrons. The highest BCUT2D eigenvalue weighted by Gasteiger charge is 2.13. The minimum absolute atomic E-state index is 0.886. The molecule has 3 heteroatoms. The Morgan fingerprint density at radius 2 is 2.00 bits per heavy atom. The van der Waals surface area contributed by atoms with Crippen LogP contribution >= 0.6 is 22.9 Å². The monoisotopic (exact) mass is 265 g/mol. The van der Waals surface area contributed by atoms with Crippen LogP contribution in [0.4, 0.5) is 0 Å². The standard InChI is InChI=1S/C14H16ClNS/c15-13-6-4-5-12-11(10-17-14(12)13)9-16-7-2-1-3-8-16/h4-6,10H,1-3,7-9H2. The summed E-state index contributed by atoms with van der Waals surface area (Å²) in [4.78, 5) is 2.56. The van der Waals surface area contributed by atoms with E-state index in [1.165, 1.54) is 48.0 Å². The van der Waals surface area contributed by atoms with E-state index in [4.69, 9.17) is 11.6 Å². The summed E-state index contributed by atoms with van der Waals surface area (Å²) in [6.07, 6.45) is 4.10. The number of nitrogens with zero attached hydrogens (tertiary/aromatic N) is 1. The molecule has 0 N–H and O–H groups in total. The summed E-state index contributed by atoms with van der Waals surface area (Å²) >= 11 is 7.98. The van der Waals surface area contributed by atoms with Crippen LogP contribution in [0.25, 0.3) is 10.1 Å². The molecule has 0 atom stereocenters. The van der Waals surface area contributed by atoms with E-state index in [0.717, 1.165) is 11.6 Å². The van der Waals surface area contributed by atoms with Crippen molar-refractivity contribution in [1.29, 1.82) is 0 Å². The van der Waals surface area contributed by atoms with Crippen LogP contribution in [0.5, 0.6) is 0 Å². The Balaban J connectivity index is 1.87.